The molecular formula is C40H37N3O3. The number of carbonyl (C=O) groups excluding carboxylic acids is 1. The fourth-order valence-corrected chi connectivity index (χ4v) is 4.91. The van der Waals surface area contributed by atoms with Crippen LogP contribution in [-0.4, -0.2) is 25.4 Å². The van der Waals surface area contributed by atoms with Gasteiger partial charge in [-0.1, -0.05) is 86.0 Å². The lowest BCUT2D eigenvalue weighted by Crippen LogP contribution is -2.11. The van der Waals surface area contributed by atoms with E-state index in [1.54, 1.807) is 0 Å². The van der Waals surface area contributed by atoms with Crippen molar-refractivity contribution >= 4 is 40.6 Å². The van der Waals surface area contributed by atoms with Crippen LogP contribution in [0.3, 0.4) is 0 Å². The maximum Gasteiger partial charge on any atom is 0.330 e. The highest BCUT2D eigenvalue weighted by Gasteiger charge is 2.13. The zero-order valence-electron chi connectivity index (χ0n) is 25.7. The minimum atomic E-state index is -0.413. The average Bonchev–Trinajstić information content (AvgIpc) is 3.11. The number of rotatable bonds is 15. The number of hydrazone groups is 1. The second-order valence-electron chi connectivity index (χ2n) is 10.4. The molecule has 0 N–H and O–H groups in total. The molecule has 0 aliphatic heterocycles. The minimum absolute atomic E-state index is 0.305. The Bertz CT molecular complexity index is 1680. The molecule has 5 aromatic rings. The van der Waals surface area contributed by atoms with Crippen LogP contribution in [0.2, 0.25) is 0 Å². The normalized spacial score (nSPS) is 10.7. The molecule has 0 saturated heterocycles. The summed E-state index contributed by atoms with van der Waals surface area (Å²) in [5, 5.41) is 6.79. The average molecular weight is 608 g/mol. The van der Waals surface area contributed by atoms with Gasteiger partial charge in [0.15, 0.2) is 0 Å². The molecule has 0 saturated carbocycles. The molecule has 0 amide bonds. The molecule has 6 heteroatoms. The van der Waals surface area contributed by atoms with Gasteiger partial charge in [0.2, 0.25) is 0 Å². The lowest BCUT2D eigenvalue weighted by molar-refractivity contribution is -0.137. The Balaban J connectivity index is 1.40. The topological polar surface area (TPSA) is 54.4 Å². The molecule has 0 unspecified atom stereocenters. The molecule has 46 heavy (non-hydrogen) atoms. The molecule has 0 spiro atoms. The van der Waals surface area contributed by atoms with Crippen molar-refractivity contribution in [2.75, 3.05) is 23.1 Å². The summed E-state index contributed by atoms with van der Waals surface area (Å²) in [6, 6.07) is 45.4. The Hall–Kier alpha value is -5.88. The van der Waals surface area contributed by atoms with E-state index in [0.29, 0.717) is 19.6 Å². The van der Waals surface area contributed by atoms with Crippen LogP contribution in [0.5, 0.6) is 0 Å². The van der Waals surface area contributed by atoms with Crippen LogP contribution in [0.1, 0.15) is 16.7 Å². The van der Waals surface area contributed by atoms with Crippen molar-refractivity contribution in [1.29, 1.82) is 0 Å². The van der Waals surface area contributed by atoms with E-state index in [-0.39, 0.29) is 0 Å². The van der Waals surface area contributed by atoms with Gasteiger partial charge in [-0.15, -0.1) is 0 Å². The van der Waals surface area contributed by atoms with E-state index < -0.39 is 5.97 Å². The summed E-state index contributed by atoms with van der Waals surface area (Å²) in [7, 11) is 0. The second-order valence-corrected chi connectivity index (χ2v) is 10.4. The number of para-hydroxylation sites is 2. The first-order valence-electron chi connectivity index (χ1n) is 15.2. The summed E-state index contributed by atoms with van der Waals surface area (Å²) in [6.07, 6.45) is 5.95. The van der Waals surface area contributed by atoms with E-state index in [2.05, 4.69) is 90.9 Å². The molecule has 0 fully saturated rings. The first kappa shape index (κ1) is 31.5. The van der Waals surface area contributed by atoms with Gasteiger partial charge >= 0.3 is 5.97 Å². The van der Waals surface area contributed by atoms with Gasteiger partial charge in [-0.05, 0) is 77.4 Å². The number of hydrogen-bond donors (Lipinski definition) is 0. The first-order valence-corrected chi connectivity index (χ1v) is 15.2. The molecule has 5 aromatic carbocycles. The number of carbonyl (C=O) groups is 1. The van der Waals surface area contributed by atoms with Gasteiger partial charge in [0.05, 0.1) is 37.1 Å². The van der Waals surface area contributed by atoms with Crippen LogP contribution in [0.15, 0.2) is 164 Å². The minimum Gasteiger partial charge on any atom is -0.501 e. The van der Waals surface area contributed by atoms with Gasteiger partial charge < -0.3 is 14.4 Å². The number of benzene rings is 5. The van der Waals surface area contributed by atoms with Crippen molar-refractivity contribution in [2.24, 2.45) is 5.10 Å². The highest BCUT2D eigenvalue weighted by Crippen LogP contribution is 2.35. The first-order chi connectivity index (χ1) is 22.6. The standard InChI is InChI=1S/C40H37N3O3/c1-3-40(44)46-30-28-33-17-23-36(24-18-33)42(35-21-15-32(16-22-35)27-29-45-4-2)37-25-19-34(20-26-37)31-41-43(38-11-7-5-8-12-38)39-13-9-6-10-14-39/h3-26,31H,1-2,27-30H2. The third-order valence-electron chi connectivity index (χ3n) is 7.29. The van der Waals surface area contributed by atoms with Crippen LogP contribution in [0.4, 0.5) is 28.4 Å². The van der Waals surface area contributed by atoms with Crippen molar-refractivity contribution in [3.8, 4) is 0 Å². The van der Waals surface area contributed by atoms with E-state index in [4.69, 9.17) is 14.6 Å². The number of ether oxygens (including phenoxy) is 2. The van der Waals surface area contributed by atoms with E-state index in [0.717, 1.165) is 46.0 Å². The monoisotopic (exact) mass is 607 g/mol. The Morgan fingerprint density at radius 3 is 1.57 bits per heavy atom. The second kappa shape index (κ2) is 16.3. The molecule has 0 aliphatic carbocycles. The molecule has 0 aromatic heterocycles. The van der Waals surface area contributed by atoms with E-state index in [9.17, 15) is 4.79 Å². The van der Waals surface area contributed by atoms with Gasteiger partial charge in [-0.25, -0.2) is 9.80 Å². The number of anilines is 5. The maximum absolute atomic E-state index is 11.4. The Morgan fingerprint density at radius 1 is 0.609 bits per heavy atom. The van der Waals surface area contributed by atoms with Gasteiger partial charge in [0, 0.05) is 36.0 Å². The van der Waals surface area contributed by atoms with Crippen LogP contribution in [-0.2, 0) is 27.1 Å². The molecule has 0 aliphatic rings. The van der Waals surface area contributed by atoms with Crippen molar-refractivity contribution < 1.29 is 14.3 Å². The van der Waals surface area contributed by atoms with Gasteiger partial charge in [0.1, 0.15) is 0 Å². The lowest BCUT2D eigenvalue weighted by Gasteiger charge is -2.26. The smallest absolute Gasteiger partial charge is 0.330 e. The summed E-state index contributed by atoms with van der Waals surface area (Å²) in [5.41, 5.74) is 8.24. The fraction of sp³-hybridized carbons (Fsp3) is 0.100. The van der Waals surface area contributed by atoms with Crippen molar-refractivity contribution in [3.63, 3.8) is 0 Å². The van der Waals surface area contributed by atoms with Gasteiger partial charge in [0.25, 0.3) is 0 Å². The van der Waals surface area contributed by atoms with Crippen molar-refractivity contribution in [3.05, 3.63) is 176 Å². The van der Waals surface area contributed by atoms with E-state index >= 15 is 0 Å². The third-order valence-corrected chi connectivity index (χ3v) is 7.29. The molecule has 0 radical (unpaired) electrons. The summed E-state index contributed by atoms with van der Waals surface area (Å²) < 4.78 is 10.5. The summed E-state index contributed by atoms with van der Waals surface area (Å²) in [4.78, 5) is 13.6. The van der Waals surface area contributed by atoms with E-state index in [1.165, 1.54) is 17.9 Å². The Morgan fingerprint density at radius 2 is 1.09 bits per heavy atom. The zero-order chi connectivity index (χ0) is 32.0. The molecule has 0 bridgehead atoms. The van der Waals surface area contributed by atoms with Gasteiger partial charge in [-0.3, -0.25) is 0 Å². The highest BCUT2D eigenvalue weighted by atomic mass is 16.5. The van der Waals surface area contributed by atoms with Crippen LogP contribution >= 0.6 is 0 Å². The Kier molecular flexibility index (Phi) is 11.2. The molecule has 5 rings (SSSR count). The largest absolute Gasteiger partial charge is 0.501 e. The third kappa shape index (κ3) is 8.61. The summed E-state index contributed by atoms with van der Waals surface area (Å²) >= 11 is 0. The molecule has 0 heterocycles. The molecule has 230 valence electrons. The molecular weight excluding hydrogens is 570 g/mol. The predicted octanol–water partition coefficient (Wildman–Crippen LogP) is 9.30. The fourth-order valence-electron chi connectivity index (χ4n) is 4.91. The van der Waals surface area contributed by atoms with Crippen molar-refractivity contribution in [2.45, 2.75) is 12.8 Å². The summed E-state index contributed by atoms with van der Waals surface area (Å²) in [6.45, 7) is 7.96. The number of nitrogens with zero attached hydrogens (tertiary/aromatic N) is 3. The SMILES string of the molecule is C=COCCc1ccc(N(c2ccc(C=NN(c3ccccc3)c3ccccc3)cc2)c2ccc(CCOC(=O)C=C)cc2)cc1. The van der Waals surface area contributed by atoms with E-state index in [1.807, 2.05) is 71.9 Å². The van der Waals surface area contributed by atoms with Crippen LogP contribution in [0.25, 0.3) is 0 Å². The predicted molar refractivity (Wildman–Crippen MR) is 188 cm³/mol. The highest BCUT2D eigenvalue weighted by molar-refractivity contribution is 5.84. The zero-order valence-corrected chi connectivity index (χ0v) is 25.7. The molecule has 6 nitrogen and oxygen atoms in total. The van der Waals surface area contributed by atoms with Crippen LogP contribution < -0.4 is 9.91 Å². The summed E-state index contributed by atoms with van der Waals surface area (Å²) in [5.74, 6) is -0.413. The molecule has 0 atom stereocenters. The van der Waals surface area contributed by atoms with Gasteiger partial charge in [-0.2, -0.15) is 5.10 Å². The number of esters is 1. The maximum atomic E-state index is 11.4. The van der Waals surface area contributed by atoms with Crippen LogP contribution in [0, 0.1) is 0 Å². The van der Waals surface area contributed by atoms with Crippen molar-refractivity contribution in [1.82, 2.24) is 0 Å². The quantitative estimate of drug-likeness (QED) is 0.0296. The Labute approximate surface area is 271 Å². The lowest BCUT2D eigenvalue weighted by atomic mass is 10.1. The number of hydrogen-bond acceptors (Lipinski definition) is 6.